The van der Waals surface area contributed by atoms with Crippen molar-refractivity contribution >= 4 is 11.9 Å². The number of carbonyl (C=O) groups excluding carboxylic acids is 2. The average molecular weight is 349 g/mol. The summed E-state index contributed by atoms with van der Waals surface area (Å²) in [4.78, 5) is 25.9. The molecule has 0 saturated carbocycles. The van der Waals surface area contributed by atoms with Crippen molar-refractivity contribution in [1.82, 2.24) is 15.5 Å². The normalized spacial score (nSPS) is 17.8. The van der Waals surface area contributed by atoms with E-state index >= 15 is 0 Å². The number of para-hydroxylation sites is 2. The van der Waals surface area contributed by atoms with Crippen LogP contribution < -0.4 is 20.1 Å². The number of ether oxygens (including phenoxy) is 2. The first-order chi connectivity index (χ1) is 11.7. The monoisotopic (exact) mass is 349 g/mol. The summed E-state index contributed by atoms with van der Waals surface area (Å²) in [5, 5.41) is 5.07. The SMILES string of the molecule is C[C@H](C(=O)NC(=O)NC(C)(C)C)N(C)C[C@H]1COc2ccccc2O1. The molecule has 25 heavy (non-hydrogen) atoms. The highest BCUT2D eigenvalue weighted by molar-refractivity contribution is 5.97. The van der Waals surface area contributed by atoms with Gasteiger partial charge in [0.2, 0.25) is 5.91 Å². The van der Waals surface area contributed by atoms with Crippen LogP contribution >= 0.6 is 0 Å². The molecule has 1 aromatic carbocycles. The maximum absolute atomic E-state index is 12.2. The van der Waals surface area contributed by atoms with Crippen LogP contribution in [0.4, 0.5) is 4.79 Å². The Hall–Kier alpha value is -2.28. The standard InChI is InChI=1S/C18H27N3O4/c1-12(16(22)19-17(23)20-18(2,3)4)21(5)10-13-11-24-14-8-6-7-9-15(14)25-13/h6-9,12-13H,10-11H2,1-5H3,(H2,19,20,22,23)/t12-,13+/m1/s1. The first-order valence-electron chi connectivity index (χ1n) is 8.37. The van der Waals surface area contributed by atoms with Crippen molar-refractivity contribution in [3.8, 4) is 11.5 Å². The van der Waals surface area contributed by atoms with Gasteiger partial charge in [-0.1, -0.05) is 12.1 Å². The molecule has 2 N–H and O–H groups in total. The maximum atomic E-state index is 12.2. The molecule has 0 saturated heterocycles. The van der Waals surface area contributed by atoms with E-state index in [-0.39, 0.29) is 12.0 Å². The summed E-state index contributed by atoms with van der Waals surface area (Å²) in [5.41, 5.74) is -0.403. The fourth-order valence-electron chi connectivity index (χ4n) is 2.42. The lowest BCUT2D eigenvalue weighted by Gasteiger charge is -2.31. The minimum absolute atomic E-state index is 0.182. The number of nitrogens with zero attached hydrogens (tertiary/aromatic N) is 1. The third kappa shape index (κ3) is 5.63. The summed E-state index contributed by atoms with van der Waals surface area (Å²) >= 11 is 0. The molecule has 0 fully saturated rings. The van der Waals surface area contributed by atoms with Crippen LogP contribution in [0.15, 0.2) is 24.3 Å². The van der Waals surface area contributed by atoms with Crippen molar-refractivity contribution in [3.05, 3.63) is 24.3 Å². The molecule has 0 unspecified atom stereocenters. The summed E-state index contributed by atoms with van der Waals surface area (Å²) in [5.74, 6) is 1.07. The van der Waals surface area contributed by atoms with Crippen LogP contribution in [0.5, 0.6) is 11.5 Å². The lowest BCUT2D eigenvalue weighted by Crippen LogP contribution is -2.54. The van der Waals surface area contributed by atoms with Gasteiger partial charge in [-0.25, -0.2) is 4.79 Å². The number of hydrogen-bond acceptors (Lipinski definition) is 5. The molecule has 0 spiro atoms. The molecule has 0 bridgehead atoms. The van der Waals surface area contributed by atoms with Crippen molar-refractivity contribution < 1.29 is 19.1 Å². The van der Waals surface area contributed by atoms with E-state index in [4.69, 9.17) is 9.47 Å². The fourth-order valence-corrected chi connectivity index (χ4v) is 2.42. The molecule has 0 radical (unpaired) electrons. The Bertz CT molecular complexity index is 627. The van der Waals surface area contributed by atoms with Gasteiger partial charge in [-0.3, -0.25) is 15.0 Å². The number of imide groups is 1. The number of likely N-dealkylation sites (N-methyl/N-ethyl adjacent to an activating group) is 1. The highest BCUT2D eigenvalue weighted by atomic mass is 16.6. The smallest absolute Gasteiger partial charge is 0.321 e. The van der Waals surface area contributed by atoms with Crippen molar-refractivity contribution in [2.24, 2.45) is 0 Å². The molecule has 0 aliphatic carbocycles. The van der Waals surface area contributed by atoms with Gasteiger partial charge in [0, 0.05) is 12.1 Å². The second kappa shape index (κ2) is 7.74. The highest BCUT2D eigenvalue weighted by Crippen LogP contribution is 2.31. The topological polar surface area (TPSA) is 79.9 Å². The predicted octanol–water partition coefficient (Wildman–Crippen LogP) is 1.77. The molecule has 2 atom stereocenters. The molecule has 138 valence electrons. The van der Waals surface area contributed by atoms with E-state index in [1.165, 1.54) is 0 Å². The lowest BCUT2D eigenvalue weighted by atomic mass is 10.1. The number of nitrogens with one attached hydrogen (secondary N) is 2. The Balaban J connectivity index is 1.85. The molecule has 1 aliphatic rings. The zero-order chi connectivity index (χ0) is 18.6. The first kappa shape index (κ1) is 19.1. The Morgan fingerprint density at radius 2 is 1.92 bits per heavy atom. The van der Waals surface area contributed by atoms with Crippen LogP contribution in [0.1, 0.15) is 27.7 Å². The van der Waals surface area contributed by atoms with Gasteiger partial charge >= 0.3 is 6.03 Å². The molecule has 2 rings (SSSR count). The van der Waals surface area contributed by atoms with Gasteiger partial charge in [0.25, 0.3) is 0 Å². The van der Waals surface area contributed by atoms with Crippen molar-refractivity contribution in [2.45, 2.75) is 45.4 Å². The zero-order valence-corrected chi connectivity index (χ0v) is 15.5. The van der Waals surface area contributed by atoms with Gasteiger partial charge in [0.1, 0.15) is 12.7 Å². The quantitative estimate of drug-likeness (QED) is 0.866. The second-order valence-electron chi connectivity index (χ2n) is 7.31. The molecular formula is C18H27N3O4. The van der Waals surface area contributed by atoms with Gasteiger partial charge in [0.05, 0.1) is 6.04 Å². The molecule has 7 nitrogen and oxygen atoms in total. The fraction of sp³-hybridized carbons (Fsp3) is 0.556. The number of carbonyl (C=O) groups is 2. The first-order valence-corrected chi connectivity index (χ1v) is 8.37. The summed E-state index contributed by atoms with van der Waals surface area (Å²) in [7, 11) is 1.82. The third-order valence-corrected chi connectivity index (χ3v) is 3.83. The van der Waals surface area contributed by atoms with E-state index in [9.17, 15) is 9.59 Å². The summed E-state index contributed by atoms with van der Waals surface area (Å²) < 4.78 is 11.6. The van der Waals surface area contributed by atoms with Gasteiger partial charge in [0.15, 0.2) is 11.5 Å². The van der Waals surface area contributed by atoms with Crippen LogP contribution in [-0.2, 0) is 4.79 Å². The third-order valence-electron chi connectivity index (χ3n) is 3.83. The van der Waals surface area contributed by atoms with E-state index in [2.05, 4.69) is 10.6 Å². The Morgan fingerprint density at radius 3 is 2.56 bits per heavy atom. The molecule has 3 amide bonds. The molecule has 0 aromatic heterocycles. The minimum atomic E-state index is -0.496. The molecular weight excluding hydrogens is 322 g/mol. The Kier molecular flexibility index (Phi) is 5.89. The summed E-state index contributed by atoms with van der Waals surface area (Å²) in [6, 6.07) is 6.52. The number of benzene rings is 1. The Morgan fingerprint density at radius 1 is 1.28 bits per heavy atom. The van der Waals surface area contributed by atoms with E-state index in [0.29, 0.717) is 18.9 Å². The average Bonchev–Trinajstić information content (AvgIpc) is 2.52. The summed E-state index contributed by atoms with van der Waals surface area (Å²) in [6.45, 7) is 8.22. The number of amides is 3. The number of hydrogen-bond donors (Lipinski definition) is 2. The number of rotatable bonds is 4. The van der Waals surface area contributed by atoms with Crippen LogP contribution in [0, 0.1) is 0 Å². The van der Waals surface area contributed by atoms with E-state index in [1.54, 1.807) is 6.92 Å². The molecule has 1 heterocycles. The van der Waals surface area contributed by atoms with Gasteiger partial charge in [-0.2, -0.15) is 0 Å². The van der Waals surface area contributed by atoms with E-state index < -0.39 is 17.6 Å². The number of fused-ring (bicyclic) bond motifs is 1. The second-order valence-corrected chi connectivity index (χ2v) is 7.31. The summed E-state index contributed by atoms with van der Waals surface area (Å²) in [6.07, 6.45) is -0.182. The minimum Gasteiger partial charge on any atom is -0.486 e. The zero-order valence-electron chi connectivity index (χ0n) is 15.5. The van der Waals surface area contributed by atoms with Crippen LogP contribution in [0.25, 0.3) is 0 Å². The highest BCUT2D eigenvalue weighted by Gasteiger charge is 2.27. The van der Waals surface area contributed by atoms with Crippen molar-refractivity contribution in [3.63, 3.8) is 0 Å². The van der Waals surface area contributed by atoms with Crippen LogP contribution in [0.2, 0.25) is 0 Å². The lowest BCUT2D eigenvalue weighted by molar-refractivity contribution is -0.124. The molecule has 1 aliphatic heterocycles. The van der Waals surface area contributed by atoms with E-state index in [1.807, 2.05) is 57.0 Å². The van der Waals surface area contributed by atoms with Crippen molar-refractivity contribution in [1.29, 1.82) is 0 Å². The molecule has 7 heteroatoms. The Labute approximate surface area is 148 Å². The van der Waals surface area contributed by atoms with E-state index in [0.717, 1.165) is 5.75 Å². The van der Waals surface area contributed by atoms with Gasteiger partial charge in [-0.05, 0) is 46.9 Å². The van der Waals surface area contributed by atoms with Crippen LogP contribution in [0.3, 0.4) is 0 Å². The largest absolute Gasteiger partial charge is 0.486 e. The predicted molar refractivity (Wildman–Crippen MR) is 94.9 cm³/mol. The number of urea groups is 1. The van der Waals surface area contributed by atoms with Crippen LogP contribution in [-0.4, -0.2) is 54.7 Å². The van der Waals surface area contributed by atoms with Gasteiger partial charge < -0.3 is 14.8 Å². The van der Waals surface area contributed by atoms with Crippen molar-refractivity contribution in [2.75, 3.05) is 20.2 Å². The van der Waals surface area contributed by atoms with Gasteiger partial charge in [-0.15, -0.1) is 0 Å². The maximum Gasteiger partial charge on any atom is 0.321 e. The molecule has 1 aromatic rings.